The monoisotopic (exact) mass is 479 g/mol. The van der Waals surface area contributed by atoms with Crippen LogP contribution in [0, 0.1) is 5.92 Å². The maximum atomic E-state index is 13.2. The molecule has 1 aromatic carbocycles. The van der Waals surface area contributed by atoms with Crippen molar-refractivity contribution in [2.24, 2.45) is 5.92 Å². The van der Waals surface area contributed by atoms with E-state index in [0.717, 1.165) is 29.0 Å². The number of nitrogens with zero attached hydrogens (tertiary/aromatic N) is 2. The molecule has 0 aromatic heterocycles. The third-order valence-electron chi connectivity index (χ3n) is 7.17. The molecule has 0 spiro atoms. The lowest BCUT2D eigenvalue weighted by Crippen LogP contribution is -2.53. The lowest BCUT2D eigenvalue weighted by atomic mass is 9.91. The van der Waals surface area contributed by atoms with E-state index in [2.05, 4.69) is 75.2 Å². The second kappa shape index (κ2) is 10.4. The maximum absolute atomic E-state index is 13.2. The summed E-state index contributed by atoms with van der Waals surface area (Å²) in [5.41, 5.74) is 3.95. The van der Waals surface area contributed by atoms with Gasteiger partial charge in [0.05, 0.1) is 6.54 Å². The van der Waals surface area contributed by atoms with Crippen molar-refractivity contribution in [3.63, 3.8) is 0 Å². The van der Waals surface area contributed by atoms with E-state index in [1.807, 2.05) is 0 Å². The first-order valence-corrected chi connectivity index (χ1v) is 12.7. The molecule has 1 aromatic rings. The average molecular weight is 480 g/mol. The molecule has 2 aliphatic heterocycles. The summed E-state index contributed by atoms with van der Waals surface area (Å²) in [4.78, 5) is 41.1. The molecule has 4 rings (SSSR count). The summed E-state index contributed by atoms with van der Waals surface area (Å²) in [5, 5.41) is 2.36. The van der Waals surface area contributed by atoms with Crippen LogP contribution in [0.2, 0.25) is 0 Å². The van der Waals surface area contributed by atoms with Crippen LogP contribution in [0.15, 0.2) is 47.2 Å². The Morgan fingerprint density at radius 3 is 2.31 bits per heavy atom. The number of carbonyl (C=O) groups is 3. The first-order chi connectivity index (χ1) is 16.6. The van der Waals surface area contributed by atoms with Crippen molar-refractivity contribution in [1.82, 2.24) is 15.1 Å². The zero-order valence-electron chi connectivity index (χ0n) is 21.5. The van der Waals surface area contributed by atoms with E-state index >= 15 is 0 Å². The molecular weight excluding hydrogens is 442 g/mol. The van der Waals surface area contributed by atoms with Gasteiger partial charge in [0.15, 0.2) is 0 Å². The molecule has 1 N–H and O–H groups in total. The molecule has 188 valence electrons. The normalized spacial score (nSPS) is 22.8. The summed E-state index contributed by atoms with van der Waals surface area (Å²) in [7, 11) is 0. The number of imide groups is 1. The predicted octanol–water partition coefficient (Wildman–Crippen LogP) is 3.69. The fourth-order valence-electron chi connectivity index (χ4n) is 5.26. The van der Waals surface area contributed by atoms with Gasteiger partial charge >= 0.3 is 0 Å². The van der Waals surface area contributed by atoms with Crippen LogP contribution in [-0.2, 0) is 32.3 Å². The van der Waals surface area contributed by atoms with Crippen LogP contribution in [0.25, 0.3) is 0 Å². The van der Waals surface area contributed by atoms with Crippen LogP contribution in [0.1, 0.15) is 65.0 Å². The van der Waals surface area contributed by atoms with Crippen molar-refractivity contribution in [1.29, 1.82) is 0 Å². The number of allylic oxidation sites excluding steroid dienone is 1. The smallest absolute Gasteiger partial charge is 0.251 e. The highest BCUT2D eigenvalue weighted by molar-refractivity contribution is 6.05. The standard InChI is InChI=1S/C28H37N3O4/c1-17(2)30(18(3)4)14-20-6-8-21(9-7-20)16-35-25-13-19(5)12-22-23(25)15-31(28(22)34)24-10-11-26(32)29-27(24)33/h6-9,13,17-19,24H,10-12,14-16H2,1-5H3,(H,29,32,33). The highest BCUT2D eigenvalue weighted by Gasteiger charge is 2.42. The molecule has 7 nitrogen and oxygen atoms in total. The van der Waals surface area contributed by atoms with Crippen LogP contribution in [0.3, 0.4) is 0 Å². The minimum atomic E-state index is -0.605. The van der Waals surface area contributed by atoms with Crippen molar-refractivity contribution in [3.05, 3.63) is 58.4 Å². The van der Waals surface area contributed by atoms with Gasteiger partial charge in [0.25, 0.3) is 5.91 Å². The van der Waals surface area contributed by atoms with Crippen LogP contribution in [-0.4, -0.2) is 52.2 Å². The summed E-state index contributed by atoms with van der Waals surface area (Å²) in [6.45, 7) is 12.6. The van der Waals surface area contributed by atoms with Crippen molar-refractivity contribution in [2.75, 3.05) is 6.54 Å². The van der Waals surface area contributed by atoms with E-state index in [1.165, 1.54) is 5.56 Å². The number of rotatable bonds is 8. The van der Waals surface area contributed by atoms with Gasteiger partial charge in [-0.2, -0.15) is 0 Å². The van der Waals surface area contributed by atoms with Crippen molar-refractivity contribution >= 4 is 17.7 Å². The van der Waals surface area contributed by atoms with Crippen LogP contribution in [0.5, 0.6) is 0 Å². The molecule has 2 unspecified atom stereocenters. The number of benzene rings is 1. The summed E-state index contributed by atoms with van der Waals surface area (Å²) in [6, 6.07) is 8.87. The second-order valence-corrected chi connectivity index (χ2v) is 10.5. The average Bonchev–Trinajstić information content (AvgIpc) is 3.12. The molecule has 7 heteroatoms. The number of carbonyl (C=O) groups excluding carboxylic acids is 3. The number of hydrogen-bond acceptors (Lipinski definition) is 5. The van der Waals surface area contributed by atoms with Gasteiger partial charge < -0.3 is 9.64 Å². The molecule has 3 amide bonds. The third kappa shape index (κ3) is 5.50. The van der Waals surface area contributed by atoms with Crippen LogP contribution in [0.4, 0.5) is 0 Å². The van der Waals surface area contributed by atoms with Crippen LogP contribution < -0.4 is 5.32 Å². The molecule has 1 saturated heterocycles. The number of piperidine rings is 1. The van der Waals surface area contributed by atoms with Gasteiger partial charge in [0, 0.05) is 36.2 Å². The van der Waals surface area contributed by atoms with Gasteiger partial charge in [-0.05, 0) is 63.7 Å². The Balaban J connectivity index is 1.41. The summed E-state index contributed by atoms with van der Waals surface area (Å²) in [6.07, 6.45) is 3.34. The maximum Gasteiger partial charge on any atom is 0.251 e. The van der Waals surface area contributed by atoms with Crippen LogP contribution >= 0.6 is 0 Å². The number of ether oxygens (including phenoxy) is 1. The summed E-state index contributed by atoms with van der Waals surface area (Å²) >= 11 is 0. The second-order valence-electron chi connectivity index (χ2n) is 10.5. The van der Waals surface area contributed by atoms with Crippen molar-refractivity contribution in [2.45, 2.75) is 85.2 Å². The molecule has 0 radical (unpaired) electrons. The molecule has 35 heavy (non-hydrogen) atoms. The lowest BCUT2D eigenvalue weighted by molar-refractivity contribution is -0.142. The van der Waals surface area contributed by atoms with E-state index < -0.39 is 6.04 Å². The highest BCUT2D eigenvalue weighted by atomic mass is 16.5. The molecule has 3 aliphatic rings. The van der Waals surface area contributed by atoms with Gasteiger partial charge in [-0.3, -0.25) is 24.6 Å². The Bertz CT molecular complexity index is 1050. The number of hydrogen-bond donors (Lipinski definition) is 1. The Kier molecular flexibility index (Phi) is 7.45. The van der Waals surface area contributed by atoms with Gasteiger partial charge in [0.2, 0.25) is 11.8 Å². The highest BCUT2D eigenvalue weighted by Crippen LogP contribution is 2.37. The van der Waals surface area contributed by atoms with Gasteiger partial charge in [-0.1, -0.05) is 31.2 Å². The third-order valence-corrected chi connectivity index (χ3v) is 7.17. The van der Waals surface area contributed by atoms with Crippen molar-refractivity contribution < 1.29 is 19.1 Å². The van der Waals surface area contributed by atoms with Gasteiger partial charge in [0.1, 0.15) is 18.4 Å². The largest absolute Gasteiger partial charge is 0.489 e. The van der Waals surface area contributed by atoms with E-state index in [-0.39, 0.29) is 30.1 Å². The van der Waals surface area contributed by atoms with Gasteiger partial charge in [-0.25, -0.2) is 0 Å². The van der Waals surface area contributed by atoms with Crippen molar-refractivity contribution in [3.8, 4) is 0 Å². The molecule has 1 fully saturated rings. The predicted molar refractivity (Wildman–Crippen MR) is 134 cm³/mol. The Morgan fingerprint density at radius 1 is 1.03 bits per heavy atom. The summed E-state index contributed by atoms with van der Waals surface area (Å²) in [5.74, 6) is 0.134. The number of nitrogens with one attached hydrogen (secondary N) is 1. The number of amides is 3. The van der Waals surface area contributed by atoms with E-state index in [9.17, 15) is 14.4 Å². The van der Waals surface area contributed by atoms with E-state index in [1.54, 1.807) is 4.90 Å². The zero-order valence-corrected chi connectivity index (χ0v) is 21.5. The lowest BCUT2D eigenvalue weighted by Gasteiger charge is -2.30. The molecule has 0 bridgehead atoms. The Hall–Kier alpha value is -2.93. The first kappa shape index (κ1) is 25.2. The molecule has 0 saturated carbocycles. The van der Waals surface area contributed by atoms with E-state index in [0.29, 0.717) is 38.1 Å². The summed E-state index contributed by atoms with van der Waals surface area (Å²) < 4.78 is 6.24. The fourth-order valence-corrected chi connectivity index (χ4v) is 5.26. The molecule has 1 aliphatic carbocycles. The Labute approximate surface area is 208 Å². The van der Waals surface area contributed by atoms with Gasteiger partial charge in [-0.15, -0.1) is 0 Å². The SMILES string of the molecule is CC1C=C(OCc2ccc(CN(C(C)C)C(C)C)cc2)C2=C(C1)C(=O)N(C1CCC(=O)NC1=O)C2. The minimum Gasteiger partial charge on any atom is -0.489 e. The first-order valence-electron chi connectivity index (χ1n) is 12.7. The topological polar surface area (TPSA) is 79.0 Å². The zero-order chi connectivity index (χ0) is 25.3. The quantitative estimate of drug-likeness (QED) is 0.576. The van der Waals surface area contributed by atoms with E-state index in [4.69, 9.17) is 4.74 Å². The molecule has 2 atom stereocenters. The minimum absolute atomic E-state index is 0.111. The molecular formula is C28H37N3O4. The Morgan fingerprint density at radius 2 is 1.69 bits per heavy atom. The molecule has 2 heterocycles. The fraction of sp³-hybridized carbons (Fsp3) is 0.536.